The fourth-order valence-corrected chi connectivity index (χ4v) is 1.51. The Hall–Kier alpha value is -1.35. The van der Waals surface area contributed by atoms with Crippen molar-refractivity contribution in [3.05, 3.63) is 35.4 Å². The lowest BCUT2D eigenvalue weighted by Gasteiger charge is -2.11. The molecule has 0 heterocycles. The zero-order valence-electron chi connectivity index (χ0n) is 10.8. The van der Waals surface area contributed by atoms with E-state index in [0.717, 1.165) is 6.54 Å². The second-order valence-electron chi connectivity index (χ2n) is 4.27. The zero-order chi connectivity index (χ0) is 12.7. The predicted molar refractivity (Wildman–Crippen MR) is 68.7 cm³/mol. The van der Waals surface area contributed by atoms with Crippen molar-refractivity contribution < 1.29 is 9.53 Å². The van der Waals surface area contributed by atoms with Gasteiger partial charge in [-0.05, 0) is 19.4 Å². The maximum Gasteiger partial charge on any atom is 0.309 e. The lowest BCUT2D eigenvalue weighted by atomic mass is 10.1. The van der Waals surface area contributed by atoms with E-state index in [0.29, 0.717) is 13.2 Å². The summed E-state index contributed by atoms with van der Waals surface area (Å²) < 4.78 is 4.94. The molecule has 0 aliphatic carbocycles. The molecule has 0 aliphatic rings. The van der Waals surface area contributed by atoms with Crippen molar-refractivity contribution in [2.24, 2.45) is 5.92 Å². The van der Waals surface area contributed by atoms with Crippen LogP contribution >= 0.6 is 0 Å². The Morgan fingerprint density at radius 2 is 2.00 bits per heavy atom. The maximum absolute atomic E-state index is 11.4. The summed E-state index contributed by atoms with van der Waals surface area (Å²) in [6.07, 6.45) is 0. The number of aryl methyl sites for hydroxylation is 1. The molecule has 1 aromatic carbocycles. The van der Waals surface area contributed by atoms with Crippen LogP contribution in [0.3, 0.4) is 0 Å². The summed E-state index contributed by atoms with van der Waals surface area (Å²) in [5, 5.41) is 3.26. The van der Waals surface area contributed by atoms with Crippen LogP contribution in [0.5, 0.6) is 0 Å². The molecule has 3 nitrogen and oxygen atoms in total. The van der Waals surface area contributed by atoms with Gasteiger partial charge >= 0.3 is 5.97 Å². The van der Waals surface area contributed by atoms with Gasteiger partial charge in [0, 0.05) is 13.1 Å². The van der Waals surface area contributed by atoms with E-state index in [1.165, 1.54) is 11.1 Å². The highest BCUT2D eigenvalue weighted by molar-refractivity contribution is 5.72. The third-order valence-electron chi connectivity index (χ3n) is 2.59. The molecule has 1 unspecified atom stereocenters. The summed E-state index contributed by atoms with van der Waals surface area (Å²) in [5.74, 6) is -0.232. The van der Waals surface area contributed by atoms with Gasteiger partial charge in [0.25, 0.3) is 0 Å². The van der Waals surface area contributed by atoms with E-state index in [1.54, 1.807) is 0 Å². The quantitative estimate of drug-likeness (QED) is 0.769. The predicted octanol–water partition coefficient (Wildman–Crippen LogP) is 2.28. The first-order valence-corrected chi connectivity index (χ1v) is 6.06. The highest BCUT2D eigenvalue weighted by Crippen LogP contribution is 2.03. The van der Waals surface area contributed by atoms with Crippen LogP contribution in [0.4, 0.5) is 0 Å². The van der Waals surface area contributed by atoms with E-state index in [-0.39, 0.29) is 11.9 Å². The van der Waals surface area contributed by atoms with Gasteiger partial charge in [0.15, 0.2) is 0 Å². The minimum Gasteiger partial charge on any atom is -0.466 e. The van der Waals surface area contributed by atoms with Crippen LogP contribution in [0.2, 0.25) is 0 Å². The molecule has 17 heavy (non-hydrogen) atoms. The first kappa shape index (κ1) is 13.7. The van der Waals surface area contributed by atoms with E-state index < -0.39 is 0 Å². The van der Waals surface area contributed by atoms with Crippen molar-refractivity contribution in [2.45, 2.75) is 27.3 Å². The number of hydrogen-bond donors (Lipinski definition) is 1. The number of hydrogen-bond acceptors (Lipinski definition) is 3. The summed E-state index contributed by atoms with van der Waals surface area (Å²) in [5.41, 5.74) is 2.49. The fraction of sp³-hybridized carbons (Fsp3) is 0.500. The van der Waals surface area contributed by atoms with Crippen LogP contribution in [-0.2, 0) is 16.1 Å². The number of carbonyl (C=O) groups is 1. The molecule has 1 rings (SSSR count). The van der Waals surface area contributed by atoms with E-state index in [9.17, 15) is 4.79 Å². The highest BCUT2D eigenvalue weighted by atomic mass is 16.5. The lowest BCUT2D eigenvalue weighted by Crippen LogP contribution is -2.27. The second-order valence-corrected chi connectivity index (χ2v) is 4.27. The molecule has 0 saturated carbocycles. The Bertz CT molecular complexity index is 346. The van der Waals surface area contributed by atoms with E-state index in [1.807, 2.05) is 13.8 Å². The van der Waals surface area contributed by atoms with Gasteiger partial charge in [-0.1, -0.05) is 36.8 Å². The van der Waals surface area contributed by atoms with Crippen LogP contribution in [0, 0.1) is 12.8 Å². The summed E-state index contributed by atoms with van der Waals surface area (Å²) in [6, 6.07) is 8.37. The average molecular weight is 235 g/mol. The van der Waals surface area contributed by atoms with Gasteiger partial charge in [-0.25, -0.2) is 0 Å². The Kier molecular flexibility index (Phi) is 5.70. The number of rotatable bonds is 6. The van der Waals surface area contributed by atoms with Crippen molar-refractivity contribution in [2.75, 3.05) is 13.2 Å². The van der Waals surface area contributed by atoms with Gasteiger partial charge in [-0.2, -0.15) is 0 Å². The summed E-state index contributed by atoms with van der Waals surface area (Å²) in [6.45, 7) is 7.64. The first-order chi connectivity index (χ1) is 8.13. The molecule has 0 spiro atoms. The van der Waals surface area contributed by atoms with E-state index in [4.69, 9.17) is 4.74 Å². The van der Waals surface area contributed by atoms with Crippen molar-refractivity contribution in [1.29, 1.82) is 0 Å². The first-order valence-electron chi connectivity index (χ1n) is 6.06. The highest BCUT2D eigenvalue weighted by Gasteiger charge is 2.12. The van der Waals surface area contributed by atoms with Crippen LogP contribution in [-0.4, -0.2) is 19.1 Å². The number of nitrogens with one attached hydrogen (secondary N) is 1. The molecule has 0 fully saturated rings. The molecule has 3 heteroatoms. The van der Waals surface area contributed by atoms with E-state index in [2.05, 4.69) is 36.5 Å². The number of benzene rings is 1. The summed E-state index contributed by atoms with van der Waals surface area (Å²) in [4.78, 5) is 11.4. The minimum atomic E-state index is -0.135. The monoisotopic (exact) mass is 235 g/mol. The molecular formula is C14H21NO2. The van der Waals surface area contributed by atoms with Crippen LogP contribution in [0.1, 0.15) is 25.0 Å². The Labute approximate surface area is 103 Å². The molecule has 0 aliphatic heterocycles. The summed E-state index contributed by atoms with van der Waals surface area (Å²) in [7, 11) is 0. The second kappa shape index (κ2) is 7.07. The number of ether oxygens (including phenoxy) is 1. The topological polar surface area (TPSA) is 38.3 Å². The SMILES string of the molecule is CCOC(=O)C(C)CNCc1ccc(C)cc1. The van der Waals surface area contributed by atoms with Crippen LogP contribution in [0.25, 0.3) is 0 Å². The average Bonchev–Trinajstić information content (AvgIpc) is 2.32. The molecule has 0 aromatic heterocycles. The molecule has 1 aromatic rings. The third-order valence-corrected chi connectivity index (χ3v) is 2.59. The Morgan fingerprint density at radius 3 is 2.59 bits per heavy atom. The Balaban J connectivity index is 2.27. The largest absolute Gasteiger partial charge is 0.466 e. The van der Waals surface area contributed by atoms with Crippen LogP contribution in [0.15, 0.2) is 24.3 Å². The van der Waals surface area contributed by atoms with Gasteiger partial charge in [0.05, 0.1) is 12.5 Å². The van der Waals surface area contributed by atoms with Gasteiger partial charge in [0.1, 0.15) is 0 Å². The van der Waals surface area contributed by atoms with Gasteiger partial charge in [-0.3, -0.25) is 4.79 Å². The molecule has 1 atom stereocenters. The van der Waals surface area contributed by atoms with E-state index >= 15 is 0 Å². The lowest BCUT2D eigenvalue weighted by molar-refractivity contribution is -0.147. The van der Waals surface area contributed by atoms with Crippen LogP contribution < -0.4 is 5.32 Å². The number of carbonyl (C=O) groups excluding carboxylic acids is 1. The molecule has 0 saturated heterocycles. The van der Waals surface area contributed by atoms with Gasteiger partial charge in [0.2, 0.25) is 0 Å². The summed E-state index contributed by atoms with van der Waals surface area (Å²) >= 11 is 0. The fourth-order valence-electron chi connectivity index (χ4n) is 1.51. The molecule has 0 bridgehead atoms. The van der Waals surface area contributed by atoms with Crippen molar-refractivity contribution in [3.63, 3.8) is 0 Å². The van der Waals surface area contributed by atoms with Crippen molar-refractivity contribution in [3.8, 4) is 0 Å². The van der Waals surface area contributed by atoms with Crippen molar-refractivity contribution >= 4 is 5.97 Å². The van der Waals surface area contributed by atoms with Crippen molar-refractivity contribution in [1.82, 2.24) is 5.32 Å². The normalized spacial score (nSPS) is 12.2. The molecule has 1 N–H and O–H groups in total. The molecule has 0 amide bonds. The zero-order valence-corrected chi connectivity index (χ0v) is 10.8. The molecule has 94 valence electrons. The molecule has 0 radical (unpaired) electrons. The standard InChI is InChI=1S/C14H21NO2/c1-4-17-14(16)12(3)9-15-10-13-7-5-11(2)6-8-13/h5-8,12,15H,4,9-10H2,1-3H3. The minimum absolute atomic E-state index is 0.0969. The maximum atomic E-state index is 11.4. The smallest absolute Gasteiger partial charge is 0.309 e. The third kappa shape index (κ3) is 5.00. The molecular weight excluding hydrogens is 214 g/mol. The Morgan fingerprint density at radius 1 is 1.35 bits per heavy atom. The van der Waals surface area contributed by atoms with Gasteiger partial charge in [-0.15, -0.1) is 0 Å². The van der Waals surface area contributed by atoms with Gasteiger partial charge < -0.3 is 10.1 Å². The number of esters is 1.